The molecule has 0 saturated carbocycles. The number of halogens is 2. The lowest BCUT2D eigenvalue weighted by molar-refractivity contribution is 0.578. The number of hydrogen-bond donors (Lipinski definition) is 1. The Hall–Kier alpha value is -1.98. The molecule has 0 aliphatic rings. The molecule has 0 amide bonds. The first-order valence-electron chi connectivity index (χ1n) is 5.07. The van der Waals surface area contributed by atoms with Crippen molar-refractivity contribution in [3.05, 3.63) is 29.3 Å². The Kier molecular flexibility index (Phi) is 2.79. The first-order valence-corrected chi connectivity index (χ1v) is 5.07. The van der Waals surface area contributed by atoms with Crippen LogP contribution < -0.4 is 5.32 Å². The van der Waals surface area contributed by atoms with Crippen molar-refractivity contribution in [1.29, 1.82) is 0 Å². The van der Waals surface area contributed by atoms with E-state index in [2.05, 4.69) is 15.5 Å². The monoisotopic (exact) mass is 238 g/mol. The maximum atomic E-state index is 13.7. The van der Waals surface area contributed by atoms with Crippen LogP contribution in [0.25, 0.3) is 11.4 Å². The zero-order valence-corrected chi connectivity index (χ0v) is 9.75. The molecule has 0 saturated heterocycles. The second kappa shape index (κ2) is 4.12. The molecule has 1 aromatic heterocycles. The molecule has 1 heterocycles. The van der Waals surface area contributed by atoms with Crippen LogP contribution in [0.4, 0.5) is 14.7 Å². The van der Waals surface area contributed by atoms with E-state index in [9.17, 15) is 8.78 Å². The number of nitrogens with one attached hydrogen (secondary N) is 1. The molecule has 0 fully saturated rings. The molecule has 0 aliphatic heterocycles. The van der Waals surface area contributed by atoms with Crippen LogP contribution >= 0.6 is 0 Å². The fraction of sp³-hybridized carbons (Fsp3) is 0.273. The minimum Gasteiger partial charge on any atom is -0.357 e. The fourth-order valence-electron chi connectivity index (χ4n) is 1.61. The summed E-state index contributed by atoms with van der Waals surface area (Å²) in [6.07, 6.45) is 0. The first kappa shape index (κ1) is 11.5. The van der Waals surface area contributed by atoms with Crippen LogP contribution in [0.15, 0.2) is 12.1 Å². The van der Waals surface area contributed by atoms with E-state index in [0.29, 0.717) is 17.3 Å². The molecule has 0 bridgehead atoms. The maximum absolute atomic E-state index is 13.7. The van der Waals surface area contributed by atoms with Crippen molar-refractivity contribution in [3.8, 4) is 11.4 Å². The molecule has 0 unspecified atom stereocenters. The average molecular weight is 238 g/mol. The molecule has 6 heteroatoms. The van der Waals surface area contributed by atoms with Gasteiger partial charge >= 0.3 is 0 Å². The molecule has 2 rings (SSSR count). The predicted octanol–water partition coefficient (Wildman–Crippen LogP) is 2.11. The van der Waals surface area contributed by atoms with Crippen molar-refractivity contribution in [2.45, 2.75) is 6.92 Å². The smallest absolute Gasteiger partial charge is 0.224 e. The normalized spacial score (nSPS) is 10.6. The van der Waals surface area contributed by atoms with Gasteiger partial charge in [0.25, 0.3) is 0 Å². The zero-order chi connectivity index (χ0) is 12.6. The number of anilines is 1. The van der Waals surface area contributed by atoms with Crippen LogP contribution in [0, 0.1) is 18.6 Å². The summed E-state index contributed by atoms with van der Waals surface area (Å²) in [5.41, 5.74) is 0.607. The van der Waals surface area contributed by atoms with E-state index in [-0.39, 0.29) is 5.56 Å². The highest BCUT2D eigenvalue weighted by Crippen LogP contribution is 2.24. The second-order valence-corrected chi connectivity index (χ2v) is 3.74. The van der Waals surface area contributed by atoms with E-state index in [1.165, 1.54) is 6.07 Å². The average Bonchev–Trinajstić information content (AvgIpc) is 2.65. The summed E-state index contributed by atoms with van der Waals surface area (Å²) in [7, 11) is 3.40. The van der Waals surface area contributed by atoms with Gasteiger partial charge in [-0.2, -0.15) is 0 Å². The van der Waals surface area contributed by atoms with Crippen LogP contribution in [0.5, 0.6) is 0 Å². The number of hydrogen-bond acceptors (Lipinski definition) is 3. The molecule has 2 aromatic rings. The van der Waals surface area contributed by atoms with Gasteiger partial charge in [0, 0.05) is 20.2 Å². The molecule has 0 aliphatic carbocycles. The van der Waals surface area contributed by atoms with Crippen LogP contribution in [-0.2, 0) is 7.05 Å². The topological polar surface area (TPSA) is 42.7 Å². The maximum Gasteiger partial charge on any atom is 0.224 e. The van der Waals surface area contributed by atoms with Crippen LogP contribution in [0.2, 0.25) is 0 Å². The van der Waals surface area contributed by atoms with Gasteiger partial charge in [0.1, 0.15) is 11.6 Å². The van der Waals surface area contributed by atoms with Gasteiger partial charge in [-0.3, -0.25) is 4.57 Å². The van der Waals surface area contributed by atoms with E-state index < -0.39 is 11.6 Å². The molecule has 90 valence electrons. The van der Waals surface area contributed by atoms with Crippen molar-refractivity contribution in [2.24, 2.45) is 7.05 Å². The van der Waals surface area contributed by atoms with Gasteiger partial charge in [0.05, 0.1) is 5.56 Å². The van der Waals surface area contributed by atoms with Gasteiger partial charge in [0.15, 0.2) is 5.82 Å². The van der Waals surface area contributed by atoms with Crippen molar-refractivity contribution in [3.63, 3.8) is 0 Å². The summed E-state index contributed by atoms with van der Waals surface area (Å²) in [5, 5.41) is 10.5. The number of benzene rings is 1. The summed E-state index contributed by atoms with van der Waals surface area (Å²) in [4.78, 5) is 0. The van der Waals surface area contributed by atoms with Gasteiger partial charge in [-0.05, 0) is 18.6 Å². The van der Waals surface area contributed by atoms with E-state index in [1.54, 1.807) is 25.6 Å². The van der Waals surface area contributed by atoms with Crippen molar-refractivity contribution in [2.75, 3.05) is 12.4 Å². The lowest BCUT2D eigenvalue weighted by Gasteiger charge is -2.06. The fourth-order valence-corrected chi connectivity index (χ4v) is 1.61. The molecule has 0 spiro atoms. The molecular weight excluding hydrogens is 226 g/mol. The lowest BCUT2D eigenvalue weighted by atomic mass is 10.1. The highest BCUT2D eigenvalue weighted by atomic mass is 19.1. The lowest BCUT2D eigenvalue weighted by Crippen LogP contribution is -2.01. The van der Waals surface area contributed by atoms with Crippen LogP contribution in [-0.4, -0.2) is 21.8 Å². The van der Waals surface area contributed by atoms with E-state index in [4.69, 9.17) is 0 Å². The summed E-state index contributed by atoms with van der Waals surface area (Å²) in [6.45, 7) is 1.58. The van der Waals surface area contributed by atoms with Gasteiger partial charge in [-0.25, -0.2) is 8.78 Å². The summed E-state index contributed by atoms with van der Waals surface area (Å²) >= 11 is 0. The standard InChI is InChI=1S/C11H12F2N4/c1-6-4-7(9(13)5-8(6)12)10-15-16-11(14-2)17(10)3/h4-5H,1-3H3,(H,14,16). The van der Waals surface area contributed by atoms with E-state index in [1.807, 2.05) is 0 Å². The highest BCUT2D eigenvalue weighted by Gasteiger charge is 2.15. The molecule has 0 atom stereocenters. The van der Waals surface area contributed by atoms with Crippen molar-refractivity contribution >= 4 is 5.95 Å². The minimum absolute atomic E-state index is 0.236. The van der Waals surface area contributed by atoms with Gasteiger partial charge < -0.3 is 5.32 Å². The third-order valence-electron chi connectivity index (χ3n) is 2.59. The second-order valence-electron chi connectivity index (χ2n) is 3.74. The van der Waals surface area contributed by atoms with Crippen LogP contribution in [0.1, 0.15) is 5.56 Å². The van der Waals surface area contributed by atoms with Crippen molar-refractivity contribution < 1.29 is 8.78 Å². The Balaban J connectivity index is 2.60. The van der Waals surface area contributed by atoms with E-state index in [0.717, 1.165) is 6.07 Å². The zero-order valence-electron chi connectivity index (χ0n) is 9.75. The third-order valence-corrected chi connectivity index (χ3v) is 2.59. The quantitative estimate of drug-likeness (QED) is 0.871. The third kappa shape index (κ3) is 1.86. The van der Waals surface area contributed by atoms with E-state index >= 15 is 0 Å². The number of rotatable bonds is 2. The van der Waals surface area contributed by atoms with Gasteiger partial charge in [0.2, 0.25) is 5.95 Å². The summed E-state index contributed by atoms with van der Waals surface area (Å²) in [5.74, 6) is -0.343. The number of nitrogens with zero attached hydrogens (tertiary/aromatic N) is 3. The number of aryl methyl sites for hydroxylation is 1. The highest BCUT2D eigenvalue weighted by molar-refractivity contribution is 5.59. The Morgan fingerprint density at radius 2 is 1.88 bits per heavy atom. The number of aromatic nitrogens is 3. The molecule has 0 radical (unpaired) electrons. The molecule has 17 heavy (non-hydrogen) atoms. The Morgan fingerprint density at radius 1 is 1.18 bits per heavy atom. The Labute approximate surface area is 97.3 Å². The molecule has 1 N–H and O–H groups in total. The minimum atomic E-state index is -0.647. The van der Waals surface area contributed by atoms with Gasteiger partial charge in [-0.15, -0.1) is 10.2 Å². The van der Waals surface area contributed by atoms with Crippen LogP contribution in [0.3, 0.4) is 0 Å². The predicted molar refractivity (Wildman–Crippen MR) is 60.6 cm³/mol. The summed E-state index contributed by atoms with van der Waals surface area (Å²) < 4.78 is 28.4. The largest absolute Gasteiger partial charge is 0.357 e. The molecular formula is C11H12F2N4. The molecule has 1 aromatic carbocycles. The van der Waals surface area contributed by atoms with Gasteiger partial charge in [-0.1, -0.05) is 0 Å². The Bertz CT molecular complexity index is 563. The first-order chi connectivity index (χ1) is 8.04. The SMILES string of the molecule is CNc1nnc(-c2cc(C)c(F)cc2F)n1C. The Morgan fingerprint density at radius 3 is 2.47 bits per heavy atom. The summed E-state index contributed by atoms with van der Waals surface area (Å²) in [6, 6.07) is 2.28. The van der Waals surface area contributed by atoms with Crippen molar-refractivity contribution in [1.82, 2.24) is 14.8 Å². The molecule has 4 nitrogen and oxygen atoms in total.